The lowest BCUT2D eigenvalue weighted by atomic mass is 10.0. The summed E-state index contributed by atoms with van der Waals surface area (Å²) in [5, 5.41) is 3.31. The highest BCUT2D eigenvalue weighted by Gasteiger charge is 2.13. The Balaban J connectivity index is 1.86. The highest BCUT2D eigenvalue weighted by atomic mass is 32.2. The fourth-order valence-corrected chi connectivity index (χ4v) is 2.94. The van der Waals surface area contributed by atoms with Gasteiger partial charge in [-0.15, -0.1) is 11.8 Å². The molecule has 88 valence electrons. The lowest BCUT2D eigenvalue weighted by molar-refractivity contribution is 0.408. The van der Waals surface area contributed by atoms with Gasteiger partial charge in [0.05, 0.1) is 0 Å². The molecule has 0 atom stereocenters. The van der Waals surface area contributed by atoms with Crippen LogP contribution in [0.3, 0.4) is 0 Å². The maximum atomic E-state index is 12.9. The highest BCUT2D eigenvalue weighted by molar-refractivity contribution is 7.99. The van der Waals surface area contributed by atoms with Crippen LogP contribution in [-0.2, 0) is 0 Å². The summed E-state index contributed by atoms with van der Waals surface area (Å²) < 4.78 is 25.6. The van der Waals surface area contributed by atoms with Gasteiger partial charge in [-0.2, -0.15) is 0 Å². The molecule has 0 radical (unpaired) electrons. The normalized spacial score (nSPS) is 17.6. The van der Waals surface area contributed by atoms with Gasteiger partial charge in [-0.25, -0.2) is 8.78 Å². The van der Waals surface area contributed by atoms with E-state index in [1.807, 2.05) is 0 Å². The molecule has 1 aromatic rings. The molecule has 0 unspecified atom stereocenters. The molecule has 16 heavy (non-hydrogen) atoms. The zero-order valence-electron chi connectivity index (χ0n) is 9.01. The van der Waals surface area contributed by atoms with E-state index in [0.717, 1.165) is 23.7 Å². The first-order valence-corrected chi connectivity index (χ1v) is 6.53. The van der Waals surface area contributed by atoms with Crippen molar-refractivity contribution in [1.29, 1.82) is 0 Å². The van der Waals surface area contributed by atoms with Crippen molar-refractivity contribution in [2.24, 2.45) is 5.92 Å². The van der Waals surface area contributed by atoms with Crippen LogP contribution < -0.4 is 5.32 Å². The second-order valence-corrected chi connectivity index (χ2v) is 5.17. The van der Waals surface area contributed by atoms with Gasteiger partial charge in [0.25, 0.3) is 0 Å². The first-order valence-electron chi connectivity index (χ1n) is 5.54. The van der Waals surface area contributed by atoms with Crippen molar-refractivity contribution in [3.63, 3.8) is 0 Å². The highest BCUT2D eigenvalue weighted by Crippen LogP contribution is 2.25. The fraction of sp³-hybridized carbons (Fsp3) is 0.500. The second-order valence-electron chi connectivity index (χ2n) is 4.08. The molecule has 2 rings (SSSR count). The van der Waals surface area contributed by atoms with Crippen LogP contribution in [-0.4, -0.2) is 18.8 Å². The quantitative estimate of drug-likeness (QED) is 0.819. The van der Waals surface area contributed by atoms with E-state index >= 15 is 0 Å². The molecular weight excluding hydrogens is 228 g/mol. The van der Waals surface area contributed by atoms with E-state index < -0.39 is 11.6 Å². The average Bonchev–Trinajstić information content (AvgIpc) is 2.32. The van der Waals surface area contributed by atoms with Crippen molar-refractivity contribution in [2.45, 2.75) is 17.7 Å². The SMILES string of the molecule is Fc1ccc(SCC2CCNCC2)cc1F. The zero-order chi connectivity index (χ0) is 11.4. The predicted octanol–water partition coefficient (Wildman–Crippen LogP) is 3.06. The summed E-state index contributed by atoms with van der Waals surface area (Å²) in [6.07, 6.45) is 2.35. The number of hydrogen-bond donors (Lipinski definition) is 1. The third-order valence-electron chi connectivity index (χ3n) is 2.84. The van der Waals surface area contributed by atoms with Gasteiger partial charge < -0.3 is 5.32 Å². The van der Waals surface area contributed by atoms with Crippen molar-refractivity contribution in [3.05, 3.63) is 29.8 Å². The molecule has 1 aromatic carbocycles. The van der Waals surface area contributed by atoms with Crippen LogP contribution in [0, 0.1) is 17.6 Å². The van der Waals surface area contributed by atoms with Crippen LogP contribution in [0.2, 0.25) is 0 Å². The maximum Gasteiger partial charge on any atom is 0.159 e. The topological polar surface area (TPSA) is 12.0 Å². The van der Waals surface area contributed by atoms with Gasteiger partial charge >= 0.3 is 0 Å². The van der Waals surface area contributed by atoms with Gasteiger partial charge in [0.15, 0.2) is 11.6 Å². The summed E-state index contributed by atoms with van der Waals surface area (Å²) in [6, 6.07) is 4.12. The van der Waals surface area contributed by atoms with E-state index in [4.69, 9.17) is 0 Å². The van der Waals surface area contributed by atoms with Gasteiger partial charge in [0, 0.05) is 10.6 Å². The Morgan fingerprint density at radius 1 is 1.19 bits per heavy atom. The van der Waals surface area contributed by atoms with Crippen LogP contribution in [0.1, 0.15) is 12.8 Å². The standard InChI is InChI=1S/C12H15F2NS/c13-11-2-1-10(7-12(11)14)16-8-9-3-5-15-6-4-9/h1-2,7,9,15H,3-6,8H2. The van der Waals surface area contributed by atoms with Crippen LogP contribution in [0.25, 0.3) is 0 Å². The molecule has 0 bridgehead atoms. The number of thioether (sulfide) groups is 1. The van der Waals surface area contributed by atoms with E-state index in [1.165, 1.54) is 25.0 Å². The van der Waals surface area contributed by atoms with Crippen molar-refractivity contribution < 1.29 is 8.78 Å². The van der Waals surface area contributed by atoms with E-state index in [2.05, 4.69) is 5.32 Å². The van der Waals surface area contributed by atoms with E-state index in [9.17, 15) is 8.78 Å². The van der Waals surface area contributed by atoms with Crippen LogP contribution in [0.5, 0.6) is 0 Å². The third-order valence-corrected chi connectivity index (χ3v) is 4.06. The summed E-state index contributed by atoms with van der Waals surface area (Å²) >= 11 is 1.62. The first-order chi connectivity index (χ1) is 7.75. The first kappa shape index (κ1) is 11.9. The lowest BCUT2D eigenvalue weighted by Gasteiger charge is -2.22. The monoisotopic (exact) mass is 243 g/mol. The van der Waals surface area contributed by atoms with E-state index in [-0.39, 0.29) is 0 Å². The molecule has 1 N–H and O–H groups in total. The van der Waals surface area contributed by atoms with Crippen LogP contribution in [0.15, 0.2) is 23.1 Å². The second kappa shape index (κ2) is 5.64. The van der Waals surface area contributed by atoms with Gasteiger partial charge in [0.1, 0.15) is 0 Å². The predicted molar refractivity (Wildman–Crippen MR) is 62.7 cm³/mol. The number of benzene rings is 1. The molecule has 1 fully saturated rings. The zero-order valence-corrected chi connectivity index (χ0v) is 9.83. The molecule has 1 saturated heterocycles. The minimum absolute atomic E-state index is 0.694. The largest absolute Gasteiger partial charge is 0.317 e. The van der Waals surface area contributed by atoms with Crippen molar-refractivity contribution in [3.8, 4) is 0 Å². The summed E-state index contributed by atoms with van der Waals surface area (Å²) in [5.41, 5.74) is 0. The molecule has 0 spiro atoms. The minimum Gasteiger partial charge on any atom is -0.317 e. The van der Waals surface area contributed by atoms with E-state index in [0.29, 0.717) is 5.92 Å². The fourth-order valence-electron chi connectivity index (χ4n) is 1.83. The van der Waals surface area contributed by atoms with Gasteiger partial charge in [-0.1, -0.05) is 0 Å². The molecule has 4 heteroatoms. The summed E-state index contributed by atoms with van der Waals surface area (Å²) in [7, 11) is 0. The molecule has 0 aromatic heterocycles. The Morgan fingerprint density at radius 3 is 2.62 bits per heavy atom. The Bertz CT molecular complexity index is 351. The number of hydrogen-bond acceptors (Lipinski definition) is 2. The molecule has 0 amide bonds. The van der Waals surface area contributed by atoms with Crippen LogP contribution in [0.4, 0.5) is 8.78 Å². The molecule has 1 aliphatic heterocycles. The number of nitrogens with one attached hydrogen (secondary N) is 1. The summed E-state index contributed by atoms with van der Waals surface area (Å²) in [5.74, 6) is 0.160. The maximum absolute atomic E-state index is 12.9. The molecule has 0 saturated carbocycles. The Labute approximate surface area is 98.6 Å². The van der Waals surface area contributed by atoms with Crippen molar-refractivity contribution in [1.82, 2.24) is 5.32 Å². The summed E-state index contributed by atoms with van der Waals surface area (Å²) in [4.78, 5) is 0.817. The van der Waals surface area contributed by atoms with Gasteiger partial charge in [-0.3, -0.25) is 0 Å². The molecular formula is C12H15F2NS. The average molecular weight is 243 g/mol. The Kier molecular flexibility index (Phi) is 4.18. The molecule has 1 aliphatic rings. The van der Waals surface area contributed by atoms with E-state index in [1.54, 1.807) is 17.8 Å². The van der Waals surface area contributed by atoms with Gasteiger partial charge in [0.2, 0.25) is 0 Å². The van der Waals surface area contributed by atoms with Crippen molar-refractivity contribution >= 4 is 11.8 Å². The Hall–Kier alpha value is -0.610. The smallest absolute Gasteiger partial charge is 0.159 e. The lowest BCUT2D eigenvalue weighted by Crippen LogP contribution is -2.28. The minimum atomic E-state index is -0.772. The molecule has 0 aliphatic carbocycles. The Morgan fingerprint density at radius 2 is 1.94 bits per heavy atom. The number of rotatable bonds is 3. The third kappa shape index (κ3) is 3.19. The number of piperidine rings is 1. The van der Waals surface area contributed by atoms with Crippen LogP contribution >= 0.6 is 11.8 Å². The molecule has 1 heterocycles. The molecule has 1 nitrogen and oxygen atoms in total. The summed E-state index contributed by atoms with van der Waals surface area (Å²) in [6.45, 7) is 2.14. The van der Waals surface area contributed by atoms with Gasteiger partial charge in [-0.05, 0) is 50.0 Å². The number of halogens is 2. The van der Waals surface area contributed by atoms with Crippen molar-refractivity contribution in [2.75, 3.05) is 18.8 Å².